The van der Waals surface area contributed by atoms with Crippen molar-refractivity contribution in [3.05, 3.63) is 35.9 Å². The molecule has 1 aliphatic rings. The summed E-state index contributed by atoms with van der Waals surface area (Å²) in [5.74, 6) is -0.758. The van der Waals surface area contributed by atoms with Gasteiger partial charge in [0.2, 0.25) is 0 Å². The molecule has 0 unspecified atom stereocenters. The van der Waals surface area contributed by atoms with E-state index < -0.39 is 24.7 Å². The Morgan fingerprint density at radius 3 is 2.59 bits per heavy atom. The number of hydrogen-bond donors (Lipinski definition) is 0. The van der Waals surface area contributed by atoms with Crippen LogP contribution in [0.3, 0.4) is 0 Å². The van der Waals surface area contributed by atoms with Gasteiger partial charge in [0, 0.05) is 0 Å². The highest BCUT2D eigenvalue weighted by atomic mass is 16.6. The maximum Gasteiger partial charge on any atom is 0.427 e. The van der Waals surface area contributed by atoms with E-state index in [0.717, 1.165) is 5.56 Å². The van der Waals surface area contributed by atoms with Crippen LogP contribution in [0.4, 0.5) is 9.59 Å². The Morgan fingerprint density at radius 2 is 2.00 bits per heavy atom. The lowest BCUT2D eigenvalue weighted by molar-refractivity contribution is -0.132. The van der Waals surface area contributed by atoms with Crippen molar-refractivity contribution in [2.75, 3.05) is 6.54 Å². The van der Waals surface area contributed by atoms with Gasteiger partial charge in [-0.15, -0.1) is 0 Å². The molecule has 0 aromatic heterocycles. The molecule has 1 aromatic rings. The third-order valence-electron chi connectivity index (χ3n) is 2.13. The van der Waals surface area contributed by atoms with Gasteiger partial charge in [-0.25, -0.2) is 19.3 Å². The number of ether oxygens (including phenoxy) is 2. The monoisotopic (exact) mass is 235 g/mol. The van der Waals surface area contributed by atoms with Gasteiger partial charge in [-0.1, -0.05) is 30.3 Å². The van der Waals surface area contributed by atoms with E-state index in [1.807, 2.05) is 6.07 Å². The topological polar surface area (TPSA) is 72.9 Å². The second kappa shape index (κ2) is 4.65. The summed E-state index contributed by atoms with van der Waals surface area (Å²) in [6, 6.07) is 9.00. The molecule has 0 saturated carbocycles. The number of amides is 2. The molecule has 1 saturated heterocycles. The Hall–Kier alpha value is -2.37. The zero-order valence-corrected chi connectivity index (χ0v) is 8.79. The number of rotatable bonds is 2. The first kappa shape index (κ1) is 11.1. The fraction of sp³-hybridized carbons (Fsp3) is 0.182. The first-order valence-electron chi connectivity index (χ1n) is 4.89. The summed E-state index contributed by atoms with van der Waals surface area (Å²) in [5.41, 5.74) is 0.791. The Morgan fingerprint density at radius 1 is 1.29 bits per heavy atom. The average molecular weight is 235 g/mol. The highest BCUT2D eigenvalue weighted by Gasteiger charge is 2.35. The van der Waals surface area contributed by atoms with Gasteiger partial charge in [-0.2, -0.15) is 0 Å². The molecule has 6 nitrogen and oxygen atoms in total. The molecule has 0 aliphatic carbocycles. The van der Waals surface area contributed by atoms with Crippen LogP contribution in [0.25, 0.3) is 0 Å². The largest absolute Gasteiger partial charge is 0.444 e. The molecule has 0 radical (unpaired) electrons. The van der Waals surface area contributed by atoms with E-state index in [1.54, 1.807) is 24.3 Å². The van der Waals surface area contributed by atoms with Crippen molar-refractivity contribution in [3.63, 3.8) is 0 Å². The molecular formula is C11H9NO5. The normalized spacial score (nSPS) is 14.7. The summed E-state index contributed by atoms with van der Waals surface area (Å²) in [6.07, 6.45) is -1.88. The fourth-order valence-corrected chi connectivity index (χ4v) is 1.31. The third kappa shape index (κ3) is 2.60. The van der Waals surface area contributed by atoms with Gasteiger partial charge in [0.05, 0.1) is 0 Å². The molecule has 2 amide bonds. The summed E-state index contributed by atoms with van der Waals surface area (Å²) in [6.45, 7) is -0.357. The van der Waals surface area contributed by atoms with Crippen LogP contribution in [0, 0.1) is 0 Å². The number of carbonyl (C=O) groups excluding carboxylic acids is 3. The average Bonchev–Trinajstić information content (AvgIpc) is 2.67. The van der Waals surface area contributed by atoms with Crippen molar-refractivity contribution in [1.29, 1.82) is 0 Å². The molecule has 1 aromatic carbocycles. The van der Waals surface area contributed by atoms with E-state index in [2.05, 4.69) is 4.74 Å². The first-order chi connectivity index (χ1) is 8.16. The molecule has 88 valence electrons. The molecule has 1 aliphatic heterocycles. The molecule has 1 fully saturated rings. The van der Waals surface area contributed by atoms with Crippen molar-refractivity contribution in [2.24, 2.45) is 0 Å². The summed E-state index contributed by atoms with van der Waals surface area (Å²) in [4.78, 5) is 33.8. The van der Waals surface area contributed by atoms with E-state index in [0.29, 0.717) is 4.90 Å². The van der Waals surface area contributed by atoms with Crippen LogP contribution in [0.1, 0.15) is 5.56 Å². The van der Waals surface area contributed by atoms with Crippen LogP contribution >= 0.6 is 0 Å². The maximum atomic E-state index is 11.4. The quantitative estimate of drug-likeness (QED) is 0.570. The molecule has 0 N–H and O–H groups in total. The Bertz CT molecular complexity index is 456. The van der Waals surface area contributed by atoms with Gasteiger partial charge in [0.1, 0.15) is 13.2 Å². The lowest BCUT2D eigenvalue weighted by Crippen LogP contribution is -2.32. The molecule has 1 heterocycles. The Labute approximate surface area is 96.7 Å². The summed E-state index contributed by atoms with van der Waals surface area (Å²) >= 11 is 0. The van der Waals surface area contributed by atoms with Crippen molar-refractivity contribution in [1.82, 2.24) is 4.90 Å². The van der Waals surface area contributed by atoms with Crippen molar-refractivity contribution >= 4 is 18.2 Å². The highest BCUT2D eigenvalue weighted by Crippen LogP contribution is 2.09. The summed E-state index contributed by atoms with van der Waals surface area (Å²) in [7, 11) is 0. The van der Waals surface area contributed by atoms with Gasteiger partial charge in [-0.3, -0.25) is 0 Å². The predicted molar refractivity (Wildman–Crippen MR) is 54.8 cm³/mol. The lowest BCUT2D eigenvalue weighted by Gasteiger charge is -2.10. The SMILES string of the molecule is O=C1CN(C(=O)OCc2ccccc2)C(=O)O1. The van der Waals surface area contributed by atoms with Crippen LogP contribution < -0.4 is 0 Å². The molecular weight excluding hydrogens is 226 g/mol. The van der Waals surface area contributed by atoms with Gasteiger partial charge in [0.15, 0.2) is 0 Å². The van der Waals surface area contributed by atoms with E-state index in [-0.39, 0.29) is 6.61 Å². The molecule has 2 rings (SSSR count). The predicted octanol–water partition coefficient (Wildman–Crippen LogP) is 1.30. The molecule has 17 heavy (non-hydrogen) atoms. The van der Waals surface area contributed by atoms with Crippen molar-refractivity contribution < 1.29 is 23.9 Å². The number of benzene rings is 1. The minimum atomic E-state index is -0.993. The van der Waals surface area contributed by atoms with Gasteiger partial charge < -0.3 is 9.47 Å². The van der Waals surface area contributed by atoms with Gasteiger partial charge in [-0.05, 0) is 5.56 Å². The lowest BCUT2D eigenvalue weighted by atomic mass is 10.2. The van der Waals surface area contributed by atoms with Crippen LogP contribution in [0.15, 0.2) is 30.3 Å². The number of hydrogen-bond acceptors (Lipinski definition) is 5. The molecule has 0 bridgehead atoms. The molecule has 0 spiro atoms. The van der Waals surface area contributed by atoms with Crippen LogP contribution in [0.5, 0.6) is 0 Å². The van der Waals surface area contributed by atoms with E-state index in [9.17, 15) is 14.4 Å². The Kier molecular flexibility index (Phi) is 3.04. The van der Waals surface area contributed by atoms with E-state index in [1.165, 1.54) is 0 Å². The minimum Gasteiger partial charge on any atom is -0.444 e. The highest BCUT2D eigenvalue weighted by molar-refractivity contribution is 6.01. The molecule has 0 atom stereocenters. The van der Waals surface area contributed by atoms with E-state index >= 15 is 0 Å². The smallest absolute Gasteiger partial charge is 0.427 e. The minimum absolute atomic E-state index is 0.0393. The molecule has 6 heteroatoms. The second-order valence-electron chi connectivity index (χ2n) is 3.37. The standard InChI is InChI=1S/C11H9NO5/c13-9-6-12(11(15)17-9)10(14)16-7-8-4-2-1-3-5-8/h1-5H,6-7H2. The van der Waals surface area contributed by atoms with Gasteiger partial charge in [0.25, 0.3) is 0 Å². The number of esters is 1. The van der Waals surface area contributed by atoms with Crippen molar-refractivity contribution in [3.8, 4) is 0 Å². The summed E-state index contributed by atoms with van der Waals surface area (Å²) < 4.78 is 9.06. The zero-order valence-electron chi connectivity index (χ0n) is 8.79. The zero-order chi connectivity index (χ0) is 12.3. The Balaban J connectivity index is 1.90. The van der Waals surface area contributed by atoms with E-state index in [4.69, 9.17) is 4.74 Å². The second-order valence-corrected chi connectivity index (χ2v) is 3.37. The van der Waals surface area contributed by atoms with Crippen LogP contribution in [0.2, 0.25) is 0 Å². The van der Waals surface area contributed by atoms with Crippen LogP contribution in [-0.2, 0) is 20.9 Å². The number of nitrogens with zero attached hydrogens (tertiary/aromatic N) is 1. The summed E-state index contributed by atoms with van der Waals surface area (Å²) in [5, 5.41) is 0. The fourth-order valence-electron chi connectivity index (χ4n) is 1.31. The number of cyclic esters (lactones) is 2. The maximum absolute atomic E-state index is 11.4. The first-order valence-corrected chi connectivity index (χ1v) is 4.89. The van der Waals surface area contributed by atoms with Crippen LogP contribution in [-0.4, -0.2) is 29.6 Å². The van der Waals surface area contributed by atoms with Gasteiger partial charge >= 0.3 is 18.2 Å². The number of imide groups is 1. The van der Waals surface area contributed by atoms with Crippen molar-refractivity contribution in [2.45, 2.75) is 6.61 Å². The number of carbonyl (C=O) groups is 3. The third-order valence-corrected chi connectivity index (χ3v) is 2.13.